The number of hydrogen-bond acceptors (Lipinski definition) is 4. The van der Waals surface area contributed by atoms with E-state index in [0.717, 1.165) is 22.3 Å². The monoisotopic (exact) mass is 411 g/mol. The number of carbonyl (C=O) groups excluding carboxylic acids is 1. The number of rotatable bonds is 7. The molecule has 0 radical (unpaired) electrons. The molecule has 0 fully saturated rings. The third kappa shape index (κ3) is 5.00. The molecule has 0 unspecified atom stereocenters. The van der Waals surface area contributed by atoms with Gasteiger partial charge in [0, 0.05) is 12.5 Å². The van der Waals surface area contributed by atoms with E-state index in [1.807, 2.05) is 57.2 Å². The Kier molecular flexibility index (Phi) is 6.46. The fraction of sp³-hybridized carbons (Fsp3) is 0.417. The van der Waals surface area contributed by atoms with Gasteiger partial charge in [0.1, 0.15) is 6.61 Å². The molecule has 0 bridgehead atoms. The standard InChI is InChI=1S/C24H29NO5/c1-15(30-24(2,3)4)20(22(26)27)13-25-23(28)29-14-21-18-11-7-5-9-16(18)17-10-6-8-12-19(17)21/h5-12,15,20-21H,13-14H2,1-4H3,(H,25,28)(H,26,27)/t15-,20+/m1/s1. The summed E-state index contributed by atoms with van der Waals surface area (Å²) in [4.78, 5) is 23.9. The SMILES string of the molecule is C[C@@H](OC(C)(C)C)[C@H](CNC(=O)OCC1c2ccccc2-c2ccccc21)C(=O)O. The maximum Gasteiger partial charge on any atom is 0.407 e. The molecule has 30 heavy (non-hydrogen) atoms. The molecular formula is C24H29NO5. The molecule has 6 heteroatoms. The van der Waals surface area contributed by atoms with Crippen molar-refractivity contribution in [1.29, 1.82) is 0 Å². The Bertz CT molecular complexity index is 872. The molecule has 160 valence electrons. The maximum atomic E-state index is 12.3. The Labute approximate surface area is 177 Å². The molecule has 0 aliphatic heterocycles. The lowest BCUT2D eigenvalue weighted by Gasteiger charge is -2.29. The fourth-order valence-corrected chi connectivity index (χ4v) is 3.94. The fourth-order valence-electron chi connectivity index (χ4n) is 3.94. The number of aliphatic carboxylic acids is 1. The van der Waals surface area contributed by atoms with Crippen LogP contribution in [0, 0.1) is 5.92 Å². The Morgan fingerprint density at radius 1 is 1.03 bits per heavy atom. The molecule has 0 heterocycles. The maximum absolute atomic E-state index is 12.3. The van der Waals surface area contributed by atoms with Crippen LogP contribution in [0.25, 0.3) is 11.1 Å². The molecule has 1 amide bonds. The molecular weight excluding hydrogens is 382 g/mol. The van der Waals surface area contributed by atoms with Crippen LogP contribution in [0.4, 0.5) is 4.79 Å². The van der Waals surface area contributed by atoms with Gasteiger partial charge in [-0.15, -0.1) is 0 Å². The van der Waals surface area contributed by atoms with Crippen LogP contribution in [0.3, 0.4) is 0 Å². The zero-order chi connectivity index (χ0) is 21.9. The lowest BCUT2D eigenvalue weighted by Crippen LogP contribution is -2.42. The first-order valence-electron chi connectivity index (χ1n) is 10.2. The van der Waals surface area contributed by atoms with E-state index < -0.39 is 29.7 Å². The van der Waals surface area contributed by atoms with Crippen molar-refractivity contribution in [3.05, 3.63) is 59.7 Å². The van der Waals surface area contributed by atoms with E-state index in [2.05, 4.69) is 17.4 Å². The molecule has 2 aromatic carbocycles. The molecule has 6 nitrogen and oxygen atoms in total. The molecule has 1 aliphatic carbocycles. The number of nitrogens with one attached hydrogen (secondary N) is 1. The van der Waals surface area contributed by atoms with Crippen molar-refractivity contribution in [2.45, 2.75) is 45.3 Å². The van der Waals surface area contributed by atoms with Crippen molar-refractivity contribution in [2.75, 3.05) is 13.2 Å². The highest BCUT2D eigenvalue weighted by Gasteiger charge is 2.31. The smallest absolute Gasteiger partial charge is 0.407 e. The Morgan fingerprint density at radius 2 is 1.57 bits per heavy atom. The zero-order valence-electron chi connectivity index (χ0n) is 17.8. The molecule has 2 aromatic rings. The number of alkyl carbamates (subject to hydrolysis) is 1. The highest BCUT2D eigenvalue weighted by atomic mass is 16.5. The summed E-state index contributed by atoms with van der Waals surface area (Å²) in [7, 11) is 0. The Hall–Kier alpha value is -2.86. The van der Waals surface area contributed by atoms with Crippen molar-refractivity contribution in [2.24, 2.45) is 5.92 Å². The first kappa shape index (κ1) is 21.8. The summed E-state index contributed by atoms with van der Waals surface area (Å²) in [6.45, 7) is 7.41. The minimum absolute atomic E-state index is 0.0402. The number of carboxylic acid groups (broad SMARTS) is 1. The molecule has 1 aliphatic rings. The van der Waals surface area contributed by atoms with E-state index in [4.69, 9.17) is 9.47 Å². The topological polar surface area (TPSA) is 84.9 Å². The van der Waals surface area contributed by atoms with Crippen LogP contribution in [-0.4, -0.2) is 42.0 Å². The van der Waals surface area contributed by atoms with Crippen LogP contribution in [0.15, 0.2) is 48.5 Å². The second-order valence-electron chi connectivity index (χ2n) is 8.59. The van der Waals surface area contributed by atoms with Crippen LogP contribution in [-0.2, 0) is 14.3 Å². The molecule has 0 saturated carbocycles. The number of hydrogen-bond donors (Lipinski definition) is 2. The zero-order valence-corrected chi connectivity index (χ0v) is 17.8. The minimum atomic E-state index is -1.02. The third-order valence-electron chi connectivity index (χ3n) is 5.23. The molecule has 2 N–H and O–H groups in total. The van der Waals surface area contributed by atoms with Gasteiger partial charge >= 0.3 is 12.1 Å². The normalized spacial score (nSPS) is 15.1. The van der Waals surface area contributed by atoms with E-state index in [-0.39, 0.29) is 19.1 Å². The Morgan fingerprint density at radius 3 is 2.07 bits per heavy atom. The number of fused-ring (bicyclic) bond motifs is 3. The third-order valence-corrected chi connectivity index (χ3v) is 5.23. The van der Waals surface area contributed by atoms with Crippen LogP contribution in [0.1, 0.15) is 44.7 Å². The molecule has 0 aromatic heterocycles. The molecule has 3 rings (SSSR count). The lowest BCUT2D eigenvalue weighted by atomic mass is 9.98. The van der Waals surface area contributed by atoms with Crippen molar-refractivity contribution in [1.82, 2.24) is 5.32 Å². The van der Waals surface area contributed by atoms with Gasteiger partial charge in [-0.3, -0.25) is 4.79 Å². The predicted molar refractivity (Wildman–Crippen MR) is 114 cm³/mol. The van der Waals surface area contributed by atoms with Gasteiger partial charge in [0.25, 0.3) is 0 Å². The highest BCUT2D eigenvalue weighted by molar-refractivity contribution is 5.79. The number of carboxylic acids is 1. The van der Waals surface area contributed by atoms with E-state index in [0.29, 0.717) is 0 Å². The van der Waals surface area contributed by atoms with E-state index in [1.54, 1.807) is 6.92 Å². The summed E-state index contributed by atoms with van der Waals surface area (Å²) in [6.07, 6.45) is -1.19. The summed E-state index contributed by atoms with van der Waals surface area (Å²) in [5, 5.41) is 12.1. The van der Waals surface area contributed by atoms with Gasteiger partial charge < -0.3 is 19.9 Å². The number of carbonyl (C=O) groups is 2. The average molecular weight is 411 g/mol. The second kappa shape index (κ2) is 8.88. The first-order chi connectivity index (χ1) is 14.2. The van der Waals surface area contributed by atoms with Crippen LogP contribution in [0.5, 0.6) is 0 Å². The van der Waals surface area contributed by atoms with Crippen molar-refractivity contribution in [3.8, 4) is 11.1 Å². The summed E-state index contributed by atoms with van der Waals surface area (Å²) >= 11 is 0. The minimum Gasteiger partial charge on any atom is -0.481 e. The van der Waals surface area contributed by atoms with Crippen molar-refractivity contribution >= 4 is 12.1 Å². The lowest BCUT2D eigenvalue weighted by molar-refractivity contribution is -0.151. The number of amides is 1. The van der Waals surface area contributed by atoms with Crippen LogP contribution in [0.2, 0.25) is 0 Å². The van der Waals surface area contributed by atoms with Gasteiger partial charge in [-0.1, -0.05) is 48.5 Å². The largest absolute Gasteiger partial charge is 0.481 e. The van der Waals surface area contributed by atoms with E-state index in [1.165, 1.54) is 0 Å². The highest BCUT2D eigenvalue weighted by Crippen LogP contribution is 2.44. The van der Waals surface area contributed by atoms with E-state index >= 15 is 0 Å². The predicted octanol–water partition coefficient (Wildman–Crippen LogP) is 4.43. The quantitative estimate of drug-likeness (QED) is 0.704. The van der Waals surface area contributed by atoms with Crippen LogP contribution >= 0.6 is 0 Å². The van der Waals surface area contributed by atoms with Crippen LogP contribution < -0.4 is 5.32 Å². The molecule has 0 spiro atoms. The Balaban J connectivity index is 1.60. The molecule has 0 saturated heterocycles. The molecule has 2 atom stereocenters. The number of ether oxygens (including phenoxy) is 2. The summed E-state index contributed by atoms with van der Waals surface area (Å²) in [6, 6.07) is 16.2. The van der Waals surface area contributed by atoms with Gasteiger partial charge in [0.05, 0.1) is 17.6 Å². The average Bonchev–Trinajstić information content (AvgIpc) is 2.99. The van der Waals surface area contributed by atoms with Crippen molar-refractivity contribution < 1.29 is 24.2 Å². The first-order valence-corrected chi connectivity index (χ1v) is 10.2. The van der Waals surface area contributed by atoms with Gasteiger partial charge in [-0.05, 0) is 49.9 Å². The number of benzene rings is 2. The van der Waals surface area contributed by atoms with Gasteiger partial charge in [0.15, 0.2) is 0 Å². The summed E-state index contributed by atoms with van der Waals surface area (Å²) < 4.78 is 11.2. The van der Waals surface area contributed by atoms with Gasteiger partial charge in [-0.2, -0.15) is 0 Å². The summed E-state index contributed by atoms with van der Waals surface area (Å²) in [5.41, 5.74) is 4.09. The second-order valence-corrected chi connectivity index (χ2v) is 8.59. The summed E-state index contributed by atoms with van der Waals surface area (Å²) in [5.74, 6) is -1.93. The van der Waals surface area contributed by atoms with Gasteiger partial charge in [0.2, 0.25) is 0 Å². The van der Waals surface area contributed by atoms with Crippen molar-refractivity contribution in [3.63, 3.8) is 0 Å². The van der Waals surface area contributed by atoms with E-state index in [9.17, 15) is 14.7 Å². The van der Waals surface area contributed by atoms with Gasteiger partial charge in [-0.25, -0.2) is 4.79 Å².